The highest BCUT2D eigenvalue weighted by atomic mass is 16.4. The number of nitrogens with one attached hydrogen (secondary N) is 3. The Morgan fingerprint density at radius 2 is 2.15 bits per heavy atom. The highest BCUT2D eigenvalue weighted by Crippen LogP contribution is 2.17. The number of carboxylic acid groups (broad SMARTS) is 1. The van der Waals surface area contributed by atoms with Crippen molar-refractivity contribution in [2.24, 2.45) is 0 Å². The predicted octanol–water partition coefficient (Wildman–Crippen LogP) is 1.03. The number of H-pyrrole nitrogens is 2. The van der Waals surface area contributed by atoms with E-state index in [0.29, 0.717) is 29.8 Å². The van der Waals surface area contributed by atoms with Gasteiger partial charge in [-0.25, -0.2) is 9.78 Å². The van der Waals surface area contributed by atoms with Crippen LogP contribution in [0, 0.1) is 13.8 Å². The van der Waals surface area contributed by atoms with Gasteiger partial charge in [0, 0.05) is 30.6 Å². The number of imidazole rings is 1. The average Bonchev–Trinajstić information content (AvgIpc) is 2.97. The number of aryl methyl sites for hydroxylation is 1. The van der Waals surface area contributed by atoms with E-state index in [-0.39, 0.29) is 11.6 Å². The molecule has 0 saturated heterocycles. The number of carboxylic acids is 1. The molecule has 0 aliphatic heterocycles. The molecule has 0 spiro atoms. The van der Waals surface area contributed by atoms with Gasteiger partial charge in [0.2, 0.25) is 0 Å². The molecule has 20 heavy (non-hydrogen) atoms. The van der Waals surface area contributed by atoms with E-state index in [2.05, 4.69) is 20.3 Å². The molecule has 0 aromatic carbocycles. The zero-order valence-electron chi connectivity index (χ0n) is 11.3. The first kappa shape index (κ1) is 13.9. The van der Waals surface area contributed by atoms with E-state index in [1.165, 1.54) is 0 Å². The fraction of sp³-hybridized carbons (Fsp3) is 0.308. The van der Waals surface area contributed by atoms with Gasteiger partial charge >= 0.3 is 5.97 Å². The van der Waals surface area contributed by atoms with E-state index < -0.39 is 5.97 Å². The average molecular weight is 276 g/mol. The Morgan fingerprint density at radius 1 is 1.40 bits per heavy atom. The number of nitrogens with zero attached hydrogens (tertiary/aromatic N) is 1. The Bertz CT molecular complexity index is 628. The van der Waals surface area contributed by atoms with Gasteiger partial charge in [-0.05, 0) is 19.4 Å². The van der Waals surface area contributed by atoms with Crippen molar-refractivity contribution < 1.29 is 14.7 Å². The maximum absolute atomic E-state index is 12.1. The molecule has 4 N–H and O–H groups in total. The van der Waals surface area contributed by atoms with Crippen molar-refractivity contribution in [3.8, 4) is 0 Å². The summed E-state index contributed by atoms with van der Waals surface area (Å²) in [6, 6.07) is 0. The third kappa shape index (κ3) is 2.71. The number of hydrogen-bond donors (Lipinski definition) is 4. The largest absolute Gasteiger partial charge is 0.477 e. The summed E-state index contributed by atoms with van der Waals surface area (Å²) in [4.78, 5) is 32.7. The quantitative estimate of drug-likeness (QED) is 0.653. The zero-order valence-corrected chi connectivity index (χ0v) is 11.3. The Labute approximate surface area is 115 Å². The Hall–Kier alpha value is -2.57. The number of rotatable bonds is 5. The van der Waals surface area contributed by atoms with Gasteiger partial charge in [0.05, 0.1) is 11.9 Å². The summed E-state index contributed by atoms with van der Waals surface area (Å²) >= 11 is 0. The SMILES string of the molecule is Cc1[nH]c(C(=O)O)c(C)c1C(=O)NCCc1cnc[nH]1. The third-order valence-corrected chi connectivity index (χ3v) is 3.11. The zero-order chi connectivity index (χ0) is 14.7. The lowest BCUT2D eigenvalue weighted by molar-refractivity contribution is 0.0690. The number of hydrogen-bond acceptors (Lipinski definition) is 3. The summed E-state index contributed by atoms with van der Waals surface area (Å²) in [6.45, 7) is 3.76. The third-order valence-electron chi connectivity index (χ3n) is 3.11. The van der Waals surface area contributed by atoms with Crippen LogP contribution in [0.3, 0.4) is 0 Å². The van der Waals surface area contributed by atoms with Crippen LogP contribution in [-0.2, 0) is 6.42 Å². The molecule has 0 aliphatic rings. The van der Waals surface area contributed by atoms with Gasteiger partial charge in [0.25, 0.3) is 5.91 Å². The van der Waals surface area contributed by atoms with Crippen molar-refractivity contribution in [2.45, 2.75) is 20.3 Å². The molecule has 2 heterocycles. The molecule has 0 fully saturated rings. The first-order valence-corrected chi connectivity index (χ1v) is 6.18. The summed E-state index contributed by atoms with van der Waals surface area (Å²) in [6.07, 6.45) is 3.91. The molecule has 2 rings (SSSR count). The van der Waals surface area contributed by atoms with Crippen molar-refractivity contribution >= 4 is 11.9 Å². The summed E-state index contributed by atoms with van der Waals surface area (Å²) in [5, 5.41) is 11.8. The molecule has 7 nitrogen and oxygen atoms in total. The lowest BCUT2D eigenvalue weighted by Gasteiger charge is -2.05. The van der Waals surface area contributed by atoms with E-state index in [4.69, 9.17) is 5.11 Å². The topological polar surface area (TPSA) is 111 Å². The van der Waals surface area contributed by atoms with Gasteiger partial charge in [-0.2, -0.15) is 0 Å². The molecule has 0 radical (unpaired) electrons. The van der Waals surface area contributed by atoms with Gasteiger partial charge in [-0.15, -0.1) is 0 Å². The molecule has 106 valence electrons. The van der Waals surface area contributed by atoms with Crippen LogP contribution in [0.15, 0.2) is 12.5 Å². The van der Waals surface area contributed by atoms with E-state index in [1.807, 2.05) is 0 Å². The lowest BCUT2D eigenvalue weighted by Crippen LogP contribution is -2.26. The highest BCUT2D eigenvalue weighted by Gasteiger charge is 2.21. The second-order valence-electron chi connectivity index (χ2n) is 4.51. The molecule has 7 heteroatoms. The maximum atomic E-state index is 12.1. The van der Waals surface area contributed by atoms with Gasteiger partial charge in [0.1, 0.15) is 5.69 Å². The van der Waals surface area contributed by atoms with Crippen molar-refractivity contribution in [2.75, 3.05) is 6.54 Å². The fourth-order valence-corrected chi connectivity index (χ4v) is 2.12. The van der Waals surface area contributed by atoms with Crippen molar-refractivity contribution in [3.63, 3.8) is 0 Å². The molecule has 2 aromatic rings. The van der Waals surface area contributed by atoms with Crippen LogP contribution in [0.5, 0.6) is 0 Å². The van der Waals surface area contributed by atoms with E-state index in [1.54, 1.807) is 26.4 Å². The maximum Gasteiger partial charge on any atom is 0.352 e. The Balaban J connectivity index is 2.04. The number of carbonyl (C=O) groups excluding carboxylic acids is 1. The minimum absolute atomic E-state index is 0.0567. The minimum Gasteiger partial charge on any atom is -0.477 e. The fourth-order valence-electron chi connectivity index (χ4n) is 2.12. The van der Waals surface area contributed by atoms with Crippen molar-refractivity contribution in [1.29, 1.82) is 0 Å². The number of amides is 1. The highest BCUT2D eigenvalue weighted by molar-refractivity contribution is 6.00. The van der Waals surface area contributed by atoms with E-state index in [0.717, 1.165) is 5.69 Å². The normalized spacial score (nSPS) is 10.5. The molecule has 0 atom stereocenters. The standard InChI is InChI=1S/C13H16N4O3/c1-7-10(8(2)17-11(7)13(19)20)12(18)15-4-3-9-5-14-6-16-9/h5-6,17H,3-4H2,1-2H3,(H,14,16)(H,15,18)(H,19,20). The summed E-state index contributed by atoms with van der Waals surface area (Å²) in [5.74, 6) is -1.34. The predicted molar refractivity (Wildman–Crippen MR) is 71.9 cm³/mol. The number of carbonyl (C=O) groups is 2. The Kier molecular flexibility index (Phi) is 3.88. The van der Waals surface area contributed by atoms with Crippen LogP contribution >= 0.6 is 0 Å². The van der Waals surface area contributed by atoms with Crippen LogP contribution in [0.1, 0.15) is 37.8 Å². The smallest absolute Gasteiger partial charge is 0.352 e. The number of aromatic amines is 2. The monoisotopic (exact) mass is 276 g/mol. The molecule has 0 unspecified atom stereocenters. The molecule has 1 amide bonds. The van der Waals surface area contributed by atoms with Gasteiger partial charge in [-0.1, -0.05) is 0 Å². The van der Waals surface area contributed by atoms with Crippen LogP contribution < -0.4 is 5.32 Å². The van der Waals surface area contributed by atoms with Crippen LogP contribution in [0.25, 0.3) is 0 Å². The minimum atomic E-state index is -1.07. The van der Waals surface area contributed by atoms with Crippen LogP contribution in [0.4, 0.5) is 0 Å². The van der Waals surface area contributed by atoms with Crippen LogP contribution in [0.2, 0.25) is 0 Å². The first-order chi connectivity index (χ1) is 9.50. The van der Waals surface area contributed by atoms with Gasteiger partial charge < -0.3 is 20.4 Å². The second kappa shape index (κ2) is 5.60. The summed E-state index contributed by atoms with van der Waals surface area (Å²) < 4.78 is 0. The molecular weight excluding hydrogens is 260 g/mol. The lowest BCUT2D eigenvalue weighted by atomic mass is 10.1. The molecule has 2 aromatic heterocycles. The molecule has 0 bridgehead atoms. The molecule has 0 saturated carbocycles. The number of aromatic nitrogens is 3. The van der Waals surface area contributed by atoms with Crippen LogP contribution in [-0.4, -0.2) is 38.5 Å². The van der Waals surface area contributed by atoms with Crippen molar-refractivity contribution in [3.05, 3.63) is 40.7 Å². The van der Waals surface area contributed by atoms with Crippen molar-refractivity contribution in [1.82, 2.24) is 20.3 Å². The second-order valence-corrected chi connectivity index (χ2v) is 4.51. The van der Waals surface area contributed by atoms with Gasteiger partial charge in [0.15, 0.2) is 0 Å². The molecular formula is C13H16N4O3. The van der Waals surface area contributed by atoms with Gasteiger partial charge in [-0.3, -0.25) is 4.79 Å². The van der Waals surface area contributed by atoms with E-state index in [9.17, 15) is 9.59 Å². The molecule has 0 aliphatic carbocycles. The number of aromatic carboxylic acids is 1. The van der Waals surface area contributed by atoms with E-state index >= 15 is 0 Å². The Morgan fingerprint density at radius 3 is 2.70 bits per heavy atom. The summed E-state index contributed by atoms with van der Waals surface area (Å²) in [5.41, 5.74) is 2.39. The first-order valence-electron chi connectivity index (χ1n) is 6.18. The summed E-state index contributed by atoms with van der Waals surface area (Å²) in [7, 11) is 0.